The highest BCUT2D eigenvalue weighted by molar-refractivity contribution is 5.78. The van der Waals surface area contributed by atoms with Crippen molar-refractivity contribution in [2.24, 2.45) is 0 Å². The van der Waals surface area contributed by atoms with E-state index in [4.69, 9.17) is 5.26 Å². The largest absolute Gasteiger partial charge is 0.349 e. The second-order valence-electron chi connectivity index (χ2n) is 4.51. The van der Waals surface area contributed by atoms with Gasteiger partial charge in [0.05, 0.1) is 21.5 Å². The van der Waals surface area contributed by atoms with Gasteiger partial charge in [0, 0.05) is 11.8 Å². The summed E-state index contributed by atoms with van der Waals surface area (Å²) in [5.74, 6) is 0. The molecule has 0 aromatic heterocycles. The Balaban J connectivity index is 2.61. The first-order valence-electron chi connectivity index (χ1n) is 6.13. The van der Waals surface area contributed by atoms with Crippen LogP contribution in [0.4, 0.5) is 22.7 Å². The zero-order valence-corrected chi connectivity index (χ0v) is 11.4. The van der Waals surface area contributed by atoms with Gasteiger partial charge in [0.1, 0.15) is 11.8 Å². The highest BCUT2D eigenvalue weighted by Crippen LogP contribution is 2.35. The quantitative estimate of drug-likeness (QED) is 0.681. The Labute approximate surface area is 124 Å². The second kappa shape index (κ2) is 5.88. The molecule has 0 aliphatic rings. The van der Waals surface area contributed by atoms with Crippen LogP contribution in [0.2, 0.25) is 0 Å². The van der Waals surface area contributed by atoms with Gasteiger partial charge in [-0.1, -0.05) is 12.1 Å². The Hall–Kier alpha value is -3.47. The monoisotopic (exact) mass is 298 g/mol. The molecule has 22 heavy (non-hydrogen) atoms. The summed E-state index contributed by atoms with van der Waals surface area (Å²) >= 11 is 0. The van der Waals surface area contributed by atoms with Crippen LogP contribution in [-0.4, -0.2) is 9.85 Å². The Bertz CT molecular complexity index is 811. The molecule has 0 saturated carbocycles. The molecule has 0 amide bonds. The number of anilines is 2. The van der Waals surface area contributed by atoms with Crippen molar-refractivity contribution in [3.8, 4) is 6.07 Å². The molecular weight excluding hydrogens is 288 g/mol. The molecular formula is C14H10N4O4. The molecule has 2 rings (SSSR count). The average Bonchev–Trinajstić information content (AvgIpc) is 2.46. The molecule has 0 aliphatic heterocycles. The predicted molar refractivity (Wildman–Crippen MR) is 78.9 cm³/mol. The number of nitrogens with one attached hydrogen (secondary N) is 1. The summed E-state index contributed by atoms with van der Waals surface area (Å²) in [6.45, 7) is 1.85. The van der Waals surface area contributed by atoms with E-state index in [1.54, 1.807) is 24.3 Å². The third-order valence-corrected chi connectivity index (χ3v) is 2.92. The van der Waals surface area contributed by atoms with E-state index in [0.717, 1.165) is 17.7 Å². The summed E-state index contributed by atoms with van der Waals surface area (Å²) in [6, 6.07) is 10.6. The molecule has 2 aromatic carbocycles. The van der Waals surface area contributed by atoms with E-state index in [-0.39, 0.29) is 11.3 Å². The van der Waals surface area contributed by atoms with Crippen LogP contribution in [-0.2, 0) is 0 Å². The van der Waals surface area contributed by atoms with Gasteiger partial charge in [0.15, 0.2) is 0 Å². The van der Waals surface area contributed by atoms with Crippen molar-refractivity contribution in [2.75, 3.05) is 5.32 Å². The third-order valence-electron chi connectivity index (χ3n) is 2.92. The average molecular weight is 298 g/mol. The lowest BCUT2D eigenvalue weighted by Gasteiger charge is -2.09. The Morgan fingerprint density at radius 1 is 1.14 bits per heavy atom. The molecule has 1 N–H and O–H groups in total. The van der Waals surface area contributed by atoms with Crippen molar-refractivity contribution in [1.29, 1.82) is 5.26 Å². The normalized spacial score (nSPS) is 9.82. The van der Waals surface area contributed by atoms with Crippen LogP contribution < -0.4 is 5.32 Å². The van der Waals surface area contributed by atoms with E-state index in [1.165, 1.54) is 0 Å². The predicted octanol–water partition coefficient (Wildman–Crippen LogP) is 3.43. The van der Waals surface area contributed by atoms with E-state index in [9.17, 15) is 20.2 Å². The number of nitriles is 1. The van der Waals surface area contributed by atoms with Crippen molar-refractivity contribution >= 4 is 22.7 Å². The molecule has 8 heteroatoms. The zero-order chi connectivity index (χ0) is 16.3. The van der Waals surface area contributed by atoms with Crippen molar-refractivity contribution < 1.29 is 9.85 Å². The maximum absolute atomic E-state index is 11.2. The highest BCUT2D eigenvalue weighted by Gasteiger charge is 2.24. The number of hydrogen-bond acceptors (Lipinski definition) is 6. The summed E-state index contributed by atoms with van der Waals surface area (Å²) in [6.07, 6.45) is 0. The van der Waals surface area contributed by atoms with E-state index < -0.39 is 21.2 Å². The Kier molecular flexibility index (Phi) is 3.99. The molecule has 8 nitrogen and oxygen atoms in total. The fraction of sp³-hybridized carbons (Fsp3) is 0.0714. The van der Waals surface area contributed by atoms with Gasteiger partial charge < -0.3 is 5.32 Å². The number of nitrogens with zero attached hydrogens (tertiary/aromatic N) is 3. The van der Waals surface area contributed by atoms with Gasteiger partial charge >= 0.3 is 5.69 Å². The molecule has 0 heterocycles. The number of hydrogen-bond donors (Lipinski definition) is 1. The zero-order valence-electron chi connectivity index (χ0n) is 11.4. The van der Waals surface area contributed by atoms with Crippen molar-refractivity contribution in [1.82, 2.24) is 0 Å². The molecule has 0 saturated heterocycles. The topological polar surface area (TPSA) is 122 Å². The lowest BCUT2D eigenvalue weighted by Crippen LogP contribution is -2.02. The minimum atomic E-state index is -0.774. The fourth-order valence-corrected chi connectivity index (χ4v) is 1.95. The molecule has 0 spiro atoms. The van der Waals surface area contributed by atoms with Gasteiger partial charge in [0.25, 0.3) is 5.69 Å². The van der Waals surface area contributed by atoms with Crippen LogP contribution in [0.3, 0.4) is 0 Å². The van der Waals surface area contributed by atoms with Crippen LogP contribution in [0.25, 0.3) is 0 Å². The SMILES string of the molecule is Cc1cccc(Nc2c(C#N)cc([N+](=O)[O-])cc2[N+](=O)[O-])c1. The standard InChI is InChI=1S/C14H10N4O4/c1-9-3-2-4-11(5-9)16-14-10(8-15)6-12(17(19)20)7-13(14)18(21)22/h2-7,16H,1H3. The van der Waals surface area contributed by atoms with Crippen LogP contribution in [0.15, 0.2) is 36.4 Å². The highest BCUT2D eigenvalue weighted by atomic mass is 16.6. The Morgan fingerprint density at radius 3 is 2.41 bits per heavy atom. The molecule has 0 unspecified atom stereocenters. The minimum absolute atomic E-state index is 0.0660. The molecule has 0 aliphatic carbocycles. The lowest BCUT2D eigenvalue weighted by atomic mass is 10.1. The van der Waals surface area contributed by atoms with E-state index in [0.29, 0.717) is 5.69 Å². The molecule has 0 bridgehead atoms. The van der Waals surface area contributed by atoms with Crippen LogP contribution in [0.1, 0.15) is 11.1 Å². The smallest absolute Gasteiger partial charge is 0.300 e. The first-order chi connectivity index (χ1) is 10.4. The first-order valence-corrected chi connectivity index (χ1v) is 6.13. The van der Waals surface area contributed by atoms with Gasteiger partial charge in [0.2, 0.25) is 0 Å². The summed E-state index contributed by atoms with van der Waals surface area (Å²) in [7, 11) is 0. The third kappa shape index (κ3) is 2.99. The molecule has 0 fully saturated rings. The number of aryl methyl sites for hydroxylation is 1. The minimum Gasteiger partial charge on any atom is -0.349 e. The maximum Gasteiger partial charge on any atom is 0.300 e. The summed E-state index contributed by atoms with van der Waals surface area (Å²) in [4.78, 5) is 20.4. The molecule has 2 aromatic rings. The summed E-state index contributed by atoms with van der Waals surface area (Å²) in [5.41, 5.74) is 0.220. The van der Waals surface area contributed by atoms with E-state index in [1.807, 2.05) is 13.0 Å². The fourth-order valence-electron chi connectivity index (χ4n) is 1.95. The second-order valence-corrected chi connectivity index (χ2v) is 4.51. The van der Waals surface area contributed by atoms with Gasteiger partial charge in [-0.15, -0.1) is 0 Å². The maximum atomic E-state index is 11.2. The van der Waals surface area contributed by atoms with Crippen molar-refractivity contribution in [3.05, 3.63) is 67.8 Å². The number of nitro groups is 2. The van der Waals surface area contributed by atoms with Gasteiger partial charge in [-0.2, -0.15) is 5.26 Å². The van der Waals surface area contributed by atoms with E-state index in [2.05, 4.69) is 5.32 Å². The molecule has 110 valence electrons. The van der Waals surface area contributed by atoms with Gasteiger partial charge in [-0.05, 0) is 24.6 Å². The van der Waals surface area contributed by atoms with Crippen LogP contribution in [0.5, 0.6) is 0 Å². The summed E-state index contributed by atoms with van der Waals surface area (Å²) < 4.78 is 0. The number of rotatable bonds is 4. The van der Waals surface area contributed by atoms with Gasteiger partial charge in [-0.25, -0.2) is 0 Å². The van der Waals surface area contributed by atoms with Crippen LogP contribution >= 0.6 is 0 Å². The first kappa shape index (κ1) is 14.9. The van der Waals surface area contributed by atoms with Gasteiger partial charge in [-0.3, -0.25) is 20.2 Å². The van der Waals surface area contributed by atoms with Crippen molar-refractivity contribution in [2.45, 2.75) is 6.92 Å². The molecule has 0 atom stereocenters. The number of non-ortho nitro benzene ring substituents is 1. The molecule has 0 radical (unpaired) electrons. The van der Waals surface area contributed by atoms with E-state index >= 15 is 0 Å². The summed E-state index contributed by atoms with van der Waals surface area (Å²) in [5, 5.41) is 33.9. The number of benzene rings is 2. The lowest BCUT2D eigenvalue weighted by molar-refractivity contribution is -0.393. The Morgan fingerprint density at radius 2 is 1.86 bits per heavy atom. The van der Waals surface area contributed by atoms with Crippen molar-refractivity contribution in [3.63, 3.8) is 0 Å². The van der Waals surface area contributed by atoms with Crippen LogP contribution in [0, 0.1) is 38.5 Å². The number of nitro benzene ring substituents is 2.